The predicted octanol–water partition coefficient (Wildman–Crippen LogP) is 7.31. The molecule has 0 atom stereocenters. The maximum absolute atomic E-state index is 13.2. The first kappa shape index (κ1) is 37.0. The third kappa shape index (κ3) is 10.4. The van der Waals surface area contributed by atoms with Gasteiger partial charge in [-0.3, -0.25) is 0 Å². The maximum Gasteiger partial charge on any atom is 0.339 e. The number of hydrogen-bond donors (Lipinski definition) is 4. The van der Waals surface area contributed by atoms with E-state index >= 15 is 0 Å². The number of nitrogens with one attached hydrogen (secondary N) is 4. The third-order valence-corrected chi connectivity index (χ3v) is 9.27. The first-order valence-corrected chi connectivity index (χ1v) is 18.5. The Bertz CT molecular complexity index is 2130. The number of carbonyl (C=O) groups is 2. The Kier molecular flexibility index (Phi) is 11.8. The van der Waals surface area contributed by atoms with Crippen LogP contribution in [0.3, 0.4) is 0 Å². The molecule has 0 aliphatic rings. The smallest absolute Gasteiger partial charge is 0.339 e. The zero-order chi connectivity index (χ0) is 37.1. The van der Waals surface area contributed by atoms with Gasteiger partial charge in [0.2, 0.25) is 0 Å². The van der Waals surface area contributed by atoms with Gasteiger partial charge in [-0.1, -0.05) is 30.3 Å². The van der Waals surface area contributed by atoms with Gasteiger partial charge in [-0.25, -0.2) is 9.59 Å². The third-order valence-electron chi connectivity index (χ3n) is 6.78. The second kappa shape index (κ2) is 16.6. The molecule has 0 saturated heterocycles. The van der Waals surface area contributed by atoms with Crippen molar-refractivity contribution in [2.45, 2.75) is 23.6 Å². The molecule has 0 fully saturated rings. The van der Waals surface area contributed by atoms with Crippen molar-refractivity contribution >= 4 is 55.0 Å². The van der Waals surface area contributed by atoms with Gasteiger partial charge in [-0.05, 0) is 80.6 Å². The van der Waals surface area contributed by atoms with Gasteiger partial charge in [-0.15, -0.1) is 0 Å². The van der Waals surface area contributed by atoms with Gasteiger partial charge in [0, 0.05) is 47.0 Å². The van der Waals surface area contributed by atoms with Crippen molar-refractivity contribution < 1.29 is 44.3 Å². The van der Waals surface area contributed by atoms with Crippen LogP contribution in [0.25, 0.3) is 0 Å². The molecule has 16 heteroatoms. The molecule has 0 aromatic heterocycles. The number of anilines is 4. The minimum Gasteiger partial charge on any atom is -0.494 e. The molecular formula is C36H34N4O10S2. The van der Waals surface area contributed by atoms with Crippen molar-refractivity contribution in [2.24, 2.45) is 0 Å². The van der Waals surface area contributed by atoms with E-state index in [2.05, 4.69) is 21.3 Å². The summed E-state index contributed by atoms with van der Waals surface area (Å²) in [7, 11) is -9.10. The Morgan fingerprint density at radius 1 is 0.462 bits per heavy atom. The topological polar surface area (TPSA) is 187 Å². The fourth-order valence-electron chi connectivity index (χ4n) is 4.63. The molecule has 14 nitrogen and oxygen atoms in total. The minimum atomic E-state index is -4.55. The number of ether oxygens (including phenoxy) is 2. The normalized spacial score (nSPS) is 11.1. The average Bonchev–Trinajstić information content (AvgIpc) is 3.09. The number of hydrogen-bond acceptors (Lipinski definition) is 10. The monoisotopic (exact) mass is 746 g/mol. The zero-order valence-electron chi connectivity index (χ0n) is 27.9. The lowest BCUT2D eigenvalue weighted by molar-refractivity contribution is 0.261. The van der Waals surface area contributed by atoms with Gasteiger partial charge < -0.3 is 39.1 Å². The van der Waals surface area contributed by atoms with E-state index in [9.17, 15) is 26.4 Å². The molecule has 0 aliphatic carbocycles. The minimum absolute atomic E-state index is 0.143. The van der Waals surface area contributed by atoms with Crippen molar-refractivity contribution in [1.29, 1.82) is 0 Å². The van der Waals surface area contributed by atoms with E-state index in [-0.39, 0.29) is 22.9 Å². The van der Waals surface area contributed by atoms with Crippen LogP contribution in [0.2, 0.25) is 0 Å². The summed E-state index contributed by atoms with van der Waals surface area (Å²) in [4.78, 5) is 24.2. The highest BCUT2D eigenvalue weighted by atomic mass is 32.2. The summed E-state index contributed by atoms with van der Waals surface area (Å²) in [5.41, 5.74) is 1.40. The largest absolute Gasteiger partial charge is 0.494 e. The van der Waals surface area contributed by atoms with E-state index in [1.807, 2.05) is 13.8 Å². The Balaban J connectivity index is 1.22. The zero-order valence-corrected chi connectivity index (χ0v) is 29.5. The number of carbonyl (C=O) groups excluding carboxylic acids is 2. The molecule has 0 aliphatic heterocycles. The molecule has 5 rings (SSSR count). The lowest BCUT2D eigenvalue weighted by Crippen LogP contribution is -2.19. The molecule has 0 heterocycles. The molecule has 0 saturated carbocycles. The Morgan fingerprint density at radius 2 is 0.769 bits per heavy atom. The molecule has 0 radical (unpaired) electrons. The van der Waals surface area contributed by atoms with Crippen molar-refractivity contribution in [3.8, 4) is 23.0 Å². The van der Waals surface area contributed by atoms with E-state index in [0.29, 0.717) is 36.1 Å². The second-order valence-electron chi connectivity index (χ2n) is 10.7. The van der Waals surface area contributed by atoms with Crippen molar-refractivity contribution in [3.63, 3.8) is 0 Å². The summed E-state index contributed by atoms with van der Waals surface area (Å²) in [6.07, 6.45) is 0. The fourth-order valence-corrected chi connectivity index (χ4v) is 6.65. The van der Waals surface area contributed by atoms with Crippen LogP contribution in [0.15, 0.2) is 131 Å². The molecule has 52 heavy (non-hydrogen) atoms. The maximum atomic E-state index is 13.2. The molecule has 4 amide bonds. The highest BCUT2D eigenvalue weighted by molar-refractivity contribution is 7.88. The van der Waals surface area contributed by atoms with Crippen LogP contribution in [0.1, 0.15) is 13.8 Å². The van der Waals surface area contributed by atoms with E-state index in [1.54, 1.807) is 48.5 Å². The highest BCUT2D eigenvalue weighted by Crippen LogP contribution is 2.27. The van der Waals surface area contributed by atoms with Crippen LogP contribution >= 0.6 is 0 Å². The lowest BCUT2D eigenvalue weighted by Gasteiger charge is -2.12. The predicted molar refractivity (Wildman–Crippen MR) is 195 cm³/mol. The van der Waals surface area contributed by atoms with E-state index in [4.69, 9.17) is 17.8 Å². The molecule has 5 aromatic carbocycles. The number of benzene rings is 5. The molecule has 270 valence electrons. The van der Waals surface area contributed by atoms with Gasteiger partial charge in [0.1, 0.15) is 32.8 Å². The Labute approximate surface area is 300 Å². The summed E-state index contributed by atoms with van der Waals surface area (Å²) in [6.45, 7) is 4.60. The SMILES string of the molecule is CCOc1cccc(NC(=O)Nc2cccc(OS(=O)(=O)c3cccc(S(=O)(=O)Oc4cccc(NC(=O)Nc5cccc(OCC)c5)c4)c3)c2)c1. The van der Waals surface area contributed by atoms with Crippen molar-refractivity contribution in [2.75, 3.05) is 34.5 Å². The summed E-state index contributed by atoms with van der Waals surface area (Å²) < 4.78 is 74.2. The average molecular weight is 747 g/mol. The van der Waals surface area contributed by atoms with Crippen LogP contribution in [0.4, 0.5) is 32.3 Å². The van der Waals surface area contributed by atoms with E-state index in [1.165, 1.54) is 54.6 Å². The van der Waals surface area contributed by atoms with Crippen LogP contribution in [0.5, 0.6) is 23.0 Å². The Hall–Kier alpha value is -6.26. The Morgan fingerprint density at radius 3 is 1.12 bits per heavy atom. The van der Waals surface area contributed by atoms with E-state index < -0.39 is 42.1 Å². The molecular weight excluding hydrogens is 713 g/mol. The van der Waals surface area contributed by atoms with Gasteiger partial charge in [0.25, 0.3) is 0 Å². The lowest BCUT2D eigenvalue weighted by atomic mass is 10.3. The second-order valence-corrected chi connectivity index (χ2v) is 13.8. The van der Waals surface area contributed by atoms with Crippen LogP contribution in [-0.4, -0.2) is 42.1 Å². The number of amides is 4. The first-order chi connectivity index (χ1) is 24.9. The van der Waals surface area contributed by atoms with Gasteiger partial charge in [0.15, 0.2) is 0 Å². The summed E-state index contributed by atoms with van der Waals surface area (Å²) in [6, 6.07) is 28.1. The number of urea groups is 2. The molecule has 5 aromatic rings. The van der Waals surface area contributed by atoms with Crippen molar-refractivity contribution in [3.05, 3.63) is 121 Å². The van der Waals surface area contributed by atoms with Crippen molar-refractivity contribution in [1.82, 2.24) is 0 Å². The molecule has 0 bridgehead atoms. The van der Waals surface area contributed by atoms with Gasteiger partial charge in [-0.2, -0.15) is 16.8 Å². The first-order valence-electron chi connectivity index (χ1n) is 15.7. The van der Waals surface area contributed by atoms with Crippen LogP contribution < -0.4 is 39.1 Å². The molecule has 4 N–H and O–H groups in total. The standard InChI is InChI=1S/C36H34N4O10S2/c1-3-47-29-14-5-10-25(20-29)37-35(41)39-27-12-7-16-31(22-27)49-51(43,44)33-18-9-19-34(24-33)52(45,46)50-32-17-8-13-28(23-32)40-36(42)38-26-11-6-15-30(21-26)48-4-2/h5-24H,3-4H2,1-2H3,(H2,37,39,41)(H2,38,40,42). The highest BCUT2D eigenvalue weighted by Gasteiger charge is 2.23. The summed E-state index contributed by atoms with van der Waals surface area (Å²) in [5, 5.41) is 10.5. The number of rotatable bonds is 14. The van der Waals surface area contributed by atoms with E-state index in [0.717, 1.165) is 18.2 Å². The van der Waals surface area contributed by atoms with Gasteiger partial charge >= 0.3 is 32.3 Å². The molecule has 0 unspecified atom stereocenters. The fraction of sp³-hybridized carbons (Fsp3) is 0.111. The molecule has 0 spiro atoms. The van der Waals surface area contributed by atoms with Crippen LogP contribution in [0, 0.1) is 0 Å². The quantitative estimate of drug-likeness (QED) is 0.0840. The summed E-state index contributed by atoms with van der Waals surface area (Å²) in [5.74, 6) is 0.870. The van der Waals surface area contributed by atoms with Gasteiger partial charge in [0.05, 0.1) is 13.2 Å². The van der Waals surface area contributed by atoms with Crippen LogP contribution in [-0.2, 0) is 20.2 Å². The summed E-state index contributed by atoms with van der Waals surface area (Å²) >= 11 is 0.